The molecule has 1 aromatic heterocycles. The summed E-state index contributed by atoms with van der Waals surface area (Å²) in [5.74, 6) is 1.80. The molecule has 1 atom stereocenters. The predicted octanol–water partition coefficient (Wildman–Crippen LogP) is 4.73. The predicted molar refractivity (Wildman–Crippen MR) is 105 cm³/mol. The summed E-state index contributed by atoms with van der Waals surface area (Å²) in [5, 5.41) is 3.07. The molecule has 1 fully saturated rings. The molecule has 1 amide bonds. The average Bonchev–Trinajstić information content (AvgIpc) is 3.02. The fraction of sp³-hybridized carbons (Fsp3) is 0.421. The van der Waals surface area contributed by atoms with E-state index in [1.807, 2.05) is 43.3 Å². The Morgan fingerprint density at radius 3 is 2.44 bits per heavy atom. The van der Waals surface area contributed by atoms with Gasteiger partial charge in [-0.1, -0.05) is 22.4 Å². The van der Waals surface area contributed by atoms with Crippen molar-refractivity contribution in [3.63, 3.8) is 0 Å². The summed E-state index contributed by atoms with van der Waals surface area (Å²) in [6.45, 7) is 4.62. The number of hydrogen-bond donors (Lipinski definition) is 1. The second-order valence-electron chi connectivity index (χ2n) is 6.28. The highest BCUT2D eigenvalue weighted by molar-refractivity contribution is 9.10. The van der Waals surface area contributed by atoms with Gasteiger partial charge in [0.15, 0.2) is 0 Å². The van der Waals surface area contributed by atoms with Gasteiger partial charge in [-0.05, 0) is 69.3 Å². The molecular weight excluding hydrogens is 404 g/mol. The minimum absolute atomic E-state index is 0. The number of amides is 1. The Kier molecular flexibility index (Phi) is 7.54. The number of carbonyl (C=O) groups excluding carboxylic acids is 1. The van der Waals surface area contributed by atoms with Crippen LogP contribution in [-0.2, 0) is 0 Å². The van der Waals surface area contributed by atoms with E-state index in [0.29, 0.717) is 12.1 Å². The molecule has 0 radical (unpaired) electrons. The molecule has 2 aromatic rings. The van der Waals surface area contributed by atoms with Gasteiger partial charge in [0, 0.05) is 16.6 Å². The third-order valence-corrected chi connectivity index (χ3v) is 5.01. The summed E-state index contributed by atoms with van der Waals surface area (Å²) in [7, 11) is 0. The Morgan fingerprint density at radius 2 is 1.84 bits per heavy atom. The largest absolute Gasteiger partial charge is 0.465 e. The van der Waals surface area contributed by atoms with Crippen molar-refractivity contribution in [3.05, 3.63) is 58.0 Å². The minimum atomic E-state index is -0.0483. The van der Waals surface area contributed by atoms with Gasteiger partial charge in [-0.2, -0.15) is 0 Å². The molecule has 25 heavy (non-hydrogen) atoms. The quantitative estimate of drug-likeness (QED) is 0.750. The van der Waals surface area contributed by atoms with Crippen LogP contribution >= 0.6 is 28.3 Å². The first-order valence-corrected chi connectivity index (χ1v) is 9.27. The van der Waals surface area contributed by atoms with Crippen LogP contribution in [-0.4, -0.2) is 30.4 Å². The van der Waals surface area contributed by atoms with Gasteiger partial charge in [-0.25, -0.2) is 0 Å². The molecule has 1 saturated heterocycles. The van der Waals surface area contributed by atoms with Crippen molar-refractivity contribution in [2.24, 2.45) is 0 Å². The van der Waals surface area contributed by atoms with E-state index in [9.17, 15) is 4.79 Å². The first-order chi connectivity index (χ1) is 11.6. The van der Waals surface area contributed by atoms with E-state index in [1.54, 1.807) is 0 Å². The SMILES string of the molecule is Cc1ccc(C(CNC(=O)c2ccc(Br)cc2)N2CCCCC2)o1.Cl. The zero-order valence-electron chi connectivity index (χ0n) is 14.3. The number of hydrogen-bond acceptors (Lipinski definition) is 3. The lowest BCUT2D eigenvalue weighted by atomic mass is 10.1. The van der Waals surface area contributed by atoms with E-state index in [2.05, 4.69) is 26.1 Å². The molecule has 1 unspecified atom stereocenters. The van der Waals surface area contributed by atoms with E-state index >= 15 is 0 Å². The lowest BCUT2D eigenvalue weighted by Gasteiger charge is -2.33. The van der Waals surface area contributed by atoms with Gasteiger partial charge in [0.1, 0.15) is 11.5 Å². The molecule has 136 valence electrons. The molecule has 1 aliphatic rings. The molecule has 0 aliphatic carbocycles. The van der Waals surface area contributed by atoms with Crippen LogP contribution in [0.4, 0.5) is 0 Å². The smallest absolute Gasteiger partial charge is 0.251 e. The first kappa shape index (κ1) is 20.0. The lowest BCUT2D eigenvalue weighted by Crippen LogP contribution is -2.40. The van der Waals surface area contributed by atoms with Crippen molar-refractivity contribution < 1.29 is 9.21 Å². The Labute approximate surface area is 163 Å². The second kappa shape index (κ2) is 9.41. The summed E-state index contributed by atoms with van der Waals surface area (Å²) in [6, 6.07) is 11.5. The van der Waals surface area contributed by atoms with E-state index in [0.717, 1.165) is 29.1 Å². The van der Waals surface area contributed by atoms with Crippen molar-refractivity contribution in [2.75, 3.05) is 19.6 Å². The van der Waals surface area contributed by atoms with Crippen molar-refractivity contribution in [1.29, 1.82) is 0 Å². The van der Waals surface area contributed by atoms with E-state index < -0.39 is 0 Å². The van der Waals surface area contributed by atoms with Gasteiger partial charge in [0.25, 0.3) is 5.91 Å². The van der Waals surface area contributed by atoms with Gasteiger partial charge >= 0.3 is 0 Å². The average molecular weight is 428 g/mol. The zero-order valence-corrected chi connectivity index (χ0v) is 16.7. The minimum Gasteiger partial charge on any atom is -0.465 e. The molecular formula is C19H24BrClN2O2. The standard InChI is InChI=1S/C19H23BrN2O2.ClH/c1-14-5-10-18(24-14)17(22-11-3-2-4-12-22)13-21-19(23)15-6-8-16(20)9-7-15;/h5-10,17H,2-4,11-13H2,1H3,(H,21,23);1H. The van der Waals surface area contributed by atoms with Gasteiger partial charge in [0.2, 0.25) is 0 Å². The molecule has 3 rings (SSSR count). The maximum absolute atomic E-state index is 12.4. The highest BCUT2D eigenvalue weighted by Gasteiger charge is 2.25. The Hall–Kier alpha value is -1.30. The van der Waals surface area contributed by atoms with Crippen LogP contribution in [0.25, 0.3) is 0 Å². The fourth-order valence-electron chi connectivity index (χ4n) is 3.16. The van der Waals surface area contributed by atoms with Crippen LogP contribution in [0.15, 0.2) is 45.3 Å². The van der Waals surface area contributed by atoms with Gasteiger partial charge in [-0.3, -0.25) is 9.69 Å². The van der Waals surface area contributed by atoms with Gasteiger partial charge in [-0.15, -0.1) is 12.4 Å². The number of nitrogens with one attached hydrogen (secondary N) is 1. The van der Waals surface area contributed by atoms with E-state index in [4.69, 9.17) is 4.42 Å². The van der Waals surface area contributed by atoms with Crippen LogP contribution in [0.3, 0.4) is 0 Å². The molecule has 6 heteroatoms. The number of rotatable bonds is 5. The number of furan rings is 1. The Bertz CT molecular complexity index is 681. The normalized spacial score (nSPS) is 16.1. The molecule has 0 saturated carbocycles. The number of nitrogens with zero attached hydrogens (tertiary/aromatic N) is 1. The molecule has 2 heterocycles. The monoisotopic (exact) mass is 426 g/mol. The number of piperidine rings is 1. The molecule has 1 N–H and O–H groups in total. The summed E-state index contributed by atoms with van der Waals surface area (Å²) in [6.07, 6.45) is 3.69. The summed E-state index contributed by atoms with van der Waals surface area (Å²) < 4.78 is 6.82. The highest BCUT2D eigenvalue weighted by Crippen LogP contribution is 2.25. The Morgan fingerprint density at radius 1 is 1.16 bits per heavy atom. The zero-order chi connectivity index (χ0) is 16.9. The Balaban J connectivity index is 0.00000225. The van der Waals surface area contributed by atoms with Crippen LogP contribution < -0.4 is 5.32 Å². The van der Waals surface area contributed by atoms with Gasteiger partial charge in [0.05, 0.1) is 6.04 Å². The van der Waals surface area contributed by atoms with Crippen LogP contribution in [0, 0.1) is 6.92 Å². The second-order valence-corrected chi connectivity index (χ2v) is 7.19. The van der Waals surface area contributed by atoms with Crippen molar-refractivity contribution in [1.82, 2.24) is 10.2 Å². The lowest BCUT2D eigenvalue weighted by molar-refractivity contribution is 0.0913. The van der Waals surface area contributed by atoms with Crippen LogP contribution in [0.1, 0.15) is 47.2 Å². The number of halogens is 2. The third-order valence-electron chi connectivity index (χ3n) is 4.48. The summed E-state index contributed by atoms with van der Waals surface area (Å²) >= 11 is 3.39. The first-order valence-electron chi connectivity index (χ1n) is 8.47. The molecule has 0 spiro atoms. The summed E-state index contributed by atoms with van der Waals surface area (Å²) in [4.78, 5) is 14.8. The number of likely N-dealkylation sites (tertiary alicyclic amines) is 1. The number of benzene rings is 1. The highest BCUT2D eigenvalue weighted by atomic mass is 79.9. The maximum Gasteiger partial charge on any atom is 0.251 e. The van der Waals surface area contributed by atoms with E-state index in [-0.39, 0.29) is 24.4 Å². The fourth-order valence-corrected chi connectivity index (χ4v) is 3.43. The number of aryl methyl sites for hydroxylation is 1. The molecule has 1 aromatic carbocycles. The maximum atomic E-state index is 12.4. The van der Waals surface area contributed by atoms with Gasteiger partial charge < -0.3 is 9.73 Å². The third kappa shape index (κ3) is 5.33. The topological polar surface area (TPSA) is 45.5 Å². The summed E-state index contributed by atoms with van der Waals surface area (Å²) in [5.41, 5.74) is 0.672. The van der Waals surface area contributed by atoms with E-state index in [1.165, 1.54) is 19.3 Å². The molecule has 4 nitrogen and oxygen atoms in total. The van der Waals surface area contributed by atoms with Crippen LogP contribution in [0.5, 0.6) is 0 Å². The van der Waals surface area contributed by atoms with Crippen LogP contribution in [0.2, 0.25) is 0 Å². The molecule has 1 aliphatic heterocycles. The van der Waals surface area contributed by atoms with Crippen molar-refractivity contribution in [3.8, 4) is 0 Å². The number of carbonyl (C=O) groups is 1. The van der Waals surface area contributed by atoms with Crippen molar-refractivity contribution >= 4 is 34.2 Å². The molecule has 0 bridgehead atoms. The van der Waals surface area contributed by atoms with Crippen molar-refractivity contribution in [2.45, 2.75) is 32.2 Å².